The van der Waals surface area contributed by atoms with E-state index >= 15 is 0 Å². The summed E-state index contributed by atoms with van der Waals surface area (Å²) in [6.45, 7) is 3.06. The van der Waals surface area contributed by atoms with Gasteiger partial charge in [-0.15, -0.1) is 10.2 Å². The van der Waals surface area contributed by atoms with Crippen molar-refractivity contribution >= 4 is 15.7 Å². The first-order valence-corrected chi connectivity index (χ1v) is 10.2. The van der Waals surface area contributed by atoms with E-state index in [1.807, 2.05) is 4.90 Å². The Morgan fingerprint density at radius 1 is 1.23 bits per heavy atom. The molecule has 2 aliphatic heterocycles. The minimum absolute atomic E-state index is 0.0246. The predicted octanol–water partition coefficient (Wildman–Crippen LogP) is -0.103. The van der Waals surface area contributed by atoms with Gasteiger partial charge in [0.15, 0.2) is 9.84 Å². The van der Waals surface area contributed by atoms with Gasteiger partial charge in [0.25, 0.3) is 5.91 Å². The number of aryl methyl sites for hydroxylation is 1. The van der Waals surface area contributed by atoms with Gasteiger partial charge in [0.1, 0.15) is 5.69 Å². The lowest BCUT2D eigenvalue weighted by Gasteiger charge is -2.43. The molecule has 4 heterocycles. The second-order valence-corrected chi connectivity index (χ2v) is 8.76. The third kappa shape index (κ3) is 3.21. The molecule has 0 N–H and O–H groups in total. The molecule has 26 heavy (non-hydrogen) atoms. The highest BCUT2D eigenvalue weighted by Gasteiger charge is 2.48. The van der Waals surface area contributed by atoms with E-state index in [1.54, 1.807) is 36.2 Å². The van der Waals surface area contributed by atoms with Crippen molar-refractivity contribution in [3.8, 4) is 0 Å². The number of carbonyl (C=O) groups is 1. The monoisotopic (exact) mass is 377 g/mol. The van der Waals surface area contributed by atoms with Crippen LogP contribution in [-0.4, -0.2) is 76.0 Å². The van der Waals surface area contributed by atoms with Gasteiger partial charge < -0.3 is 9.32 Å². The van der Waals surface area contributed by atoms with Crippen LogP contribution in [0.5, 0.6) is 0 Å². The quantitative estimate of drug-likeness (QED) is 0.729. The molecule has 0 unspecified atom stereocenters. The molecule has 0 aromatic carbocycles. The lowest BCUT2D eigenvalue weighted by molar-refractivity contribution is 0.0275. The zero-order valence-electron chi connectivity index (χ0n) is 14.3. The third-order valence-electron chi connectivity index (χ3n) is 4.84. The highest BCUT2D eigenvalue weighted by molar-refractivity contribution is 7.91. The van der Waals surface area contributed by atoms with E-state index in [4.69, 9.17) is 4.42 Å². The lowest BCUT2D eigenvalue weighted by atomic mass is 10.0. The van der Waals surface area contributed by atoms with Crippen molar-refractivity contribution in [1.29, 1.82) is 0 Å². The molecule has 10 heteroatoms. The summed E-state index contributed by atoms with van der Waals surface area (Å²) in [5, 5.41) is 7.81. The van der Waals surface area contributed by atoms with Crippen LogP contribution in [0, 0.1) is 6.92 Å². The fraction of sp³-hybridized carbons (Fsp3) is 0.500. The summed E-state index contributed by atoms with van der Waals surface area (Å²) < 4.78 is 30.0. The van der Waals surface area contributed by atoms with Gasteiger partial charge in [-0.05, 0) is 12.1 Å². The van der Waals surface area contributed by atoms with Gasteiger partial charge in [0.05, 0.1) is 24.1 Å². The number of carbonyl (C=O) groups excluding carboxylic acids is 1. The van der Waals surface area contributed by atoms with E-state index < -0.39 is 15.9 Å². The Morgan fingerprint density at radius 3 is 2.73 bits per heavy atom. The molecule has 4 rings (SSSR count). The SMILES string of the molecule is Cc1nnc(CN2CCN(C(=O)c3ccccn3)[C@@H]3CS(=O)(=O)C[C@@H]32)o1. The summed E-state index contributed by atoms with van der Waals surface area (Å²) in [4.78, 5) is 20.6. The van der Waals surface area contributed by atoms with Crippen LogP contribution in [-0.2, 0) is 16.4 Å². The van der Waals surface area contributed by atoms with Crippen LogP contribution in [0.1, 0.15) is 22.3 Å². The van der Waals surface area contributed by atoms with Crippen molar-refractivity contribution in [3.63, 3.8) is 0 Å². The van der Waals surface area contributed by atoms with Gasteiger partial charge in [0, 0.05) is 32.3 Å². The Bertz CT molecular complexity index is 914. The van der Waals surface area contributed by atoms with Crippen molar-refractivity contribution in [1.82, 2.24) is 25.0 Å². The number of nitrogens with zero attached hydrogens (tertiary/aromatic N) is 5. The molecule has 1 amide bonds. The Labute approximate surface area is 150 Å². The highest BCUT2D eigenvalue weighted by Crippen LogP contribution is 2.29. The minimum atomic E-state index is -3.22. The van der Waals surface area contributed by atoms with Crippen LogP contribution in [0.25, 0.3) is 0 Å². The smallest absolute Gasteiger partial charge is 0.272 e. The highest BCUT2D eigenvalue weighted by atomic mass is 32.2. The van der Waals surface area contributed by atoms with E-state index in [1.165, 1.54) is 0 Å². The molecule has 0 saturated carbocycles. The Morgan fingerprint density at radius 2 is 2.04 bits per heavy atom. The molecule has 0 aliphatic carbocycles. The summed E-state index contributed by atoms with van der Waals surface area (Å²) in [6, 6.07) is 4.45. The zero-order chi connectivity index (χ0) is 18.3. The first kappa shape index (κ1) is 17.1. The maximum Gasteiger partial charge on any atom is 0.272 e. The first-order chi connectivity index (χ1) is 12.4. The van der Waals surface area contributed by atoms with Gasteiger partial charge in [-0.2, -0.15) is 0 Å². The molecule has 0 bridgehead atoms. The van der Waals surface area contributed by atoms with Crippen LogP contribution in [0.3, 0.4) is 0 Å². The lowest BCUT2D eigenvalue weighted by Crippen LogP contribution is -2.60. The van der Waals surface area contributed by atoms with Crippen molar-refractivity contribution in [2.45, 2.75) is 25.6 Å². The Kier molecular flexibility index (Phi) is 4.23. The minimum Gasteiger partial charge on any atom is -0.424 e. The molecule has 138 valence electrons. The van der Waals surface area contributed by atoms with Crippen LogP contribution in [0.15, 0.2) is 28.8 Å². The topological polar surface area (TPSA) is 110 Å². The van der Waals surface area contributed by atoms with Crippen molar-refractivity contribution < 1.29 is 17.6 Å². The fourth-order valence-electron chi connectivity index (χ4n) is 3.68. The van der Waals surface area contributed by atoms with Gasteiger partial charge in [-0.3, -0.25) is 14.7 Å². The number of aromatic nitrogens is 3. The maximum absolute atomic E-state index is 12.8. The van der Waals surface area contributed by atoms with Crippen molar-refractivity contribution in [2.24, 2.45) is 0 Å². The van der Waals surface area contributed by atoms with Gasteiger partial charge in [-0.25, -0.2) is 8.42 Å². The molecule has 2 atom stereocenters. The van der Waals surface area contributed by atoms with Crippen LogP contribution < -0.4 is 0 Å². The van der Waals surface area contributed by atoms with Gasteiger partial charge in [0.2, 0.25) is 11.8 Å². The predicted molar refractivity (Wildman–Crippen MR) is 90.9 cm³/mol. The van der Waals surface area contributed by atoms with Crippen LogP contribution in [0.4, 0.5) is 0 Å². The number of piperazine rings is 1. The average Bonchev–Trinajstić information content (AvgIpc) is 3.17. The normalized spacial score (nSPS) is 25.2. The summed E-state index contributed by atoms with van der Waals surface area (Å²) in [5.74, 6) is 0.687. The van der Waals surface area contributed by atoms with E-state index in [9.17, 15) is 13.2 Å². The summed E-state index contributed by atoms with van der Waals surface area (Å²) in [7, 11) is -3.22. The molecule has 2 aliphatic rings. The number of hydrogen-bond acceptors (Lipinski definition) is 8. The molecule has 2 fully saturated rings. The molecule has 0 spiro atoms. The standard InChI is InChI=1S/C16H19N5O4S/c1-11-18-19-15(25-11)8-20-6-7-21(14-10-26(23,24)9-13(14)20)16(22)12-4-2-3-5-17-12/h2-5,13-14H,6-10H2,1H3/t13-,14+/m0/s1. The number of hydrogen-bond donors (Lipinski definition) is 0. The Balaban J connectivity index is 1.58. The fourth-order valence-corrected chi connectivity index (χ4v) is 5.70. The van der Waals surface area contributed by atoms with E-state index in [0.717, 1.165) is 0 Å². The molecule has 2 aromatic heterocycles. The first-order valence-electron chi connectivity index (χ1n) is 8.38. The maximum atomic E-state index is 12.8. The van der Waals surface area contributed by atoms with Gasteiger partial charge in [-0.1, -0.05) is 6.07 Å². The zero-order valence-corrected chi connectivity index (χ0v) is 15.1. The van der Waals surface area contributed by atoms with Crippen LogP contribution >= 0.6 is 0 Å². The van der Waals surface area contributed by atoms with Crippen LogP contribution in [0.2, 0.25) is 0 Å². The van der Waals surface area contributed by atoms with E-state index in [-0.39, 0.29) is 23.5 Å². The average molecular weight is 377 g/mol. The second kappa shape index (κ2) is 6.44. The Hall–Kier alpha value is -2.33. The largest absolute Gasteiger partial charge is 0.424 e. The number of sulfone groups is 1. The second-order valence-electron chi connectivity index (χ2n) is 6.61. The summed E-state index contributed by atoms with van der Waals surface area (Å²) in [6.07, 6.45) is 1.56. The molecular weight excluding hydrogens is 358 g/mol. The molecule has 0 radical (unpaired) electrons. The van der Waals surface area contributed by atoms with Gasteiger partial charge >= 0.3 is 0 Å². The number of rotatable bonds is 3. The van der Waals surface area contributed by atoms with E-state index in [2.05, 4.69) is 15.2 Å². The van der Waals surface area contributed by atoms with E-state index in [0.29, 0.717) is 37.1 Å². The molecule has 2 saturated heterocycles. The third-order valence-corrected chi connectivity index (χ3v) is 6.54. The number of pyridine rings is 1. The summed E-state index contributed by atoms with van der Waals surface area (Å²) in [5.41, 5.74) is 0.330. The van der Waals surface area contributed by atoms with Crippen molar-refractivity contribution in [2.75, 3.05) is 24.6 Å². The summed E-state index contributed by atoms with van der Waals surface area (Å²) >= 11 is 0. The number of fused-ring (bicyclic) bond motifs is 1. The molecule has 2 aromatic rings. The molecule has 9 nitrogen and oxygen atoms in total. The van der Waals surface area contributed by atoms with Crippen molar-refractivity contribution in [3.05, 3.63) is 41.9 Å². The number of amides is 1. The molecular formula is C16H19N5O4S.